The molecule has 1 rings (SSSR count). The standard InChI is InChI=1S/C32H59N3O6/c1-23(2)24-20-27(38)35(28(24)39)17-12-25(36)33-15-13-31(8,9)40-18-14-32(10,11)41-19-16-34-26(37)21-30(6,7)22-29(3,4)5/h23-24H,12-22H2,1-11H3,(H,33,36)(H,34,37). The van der Waals surface area contributed by atoms with Gasteiger partial charge in [-0.05, 0) is 63.7 Å². The molecule has 0 aliphatic carbocycles. The lowest BCUT2D eigenvalue weighted by Gasteiger charge is -2.32. The molecule has 2 N–H and O–H groups in total. The van der Waals surface area contributed by atoms with Gasteiger partial charge in [0.25, 0.3) is 0 Å². The number of carbonyl (C=O) groups excluding carboxylic acids is 4. The summed E-state index contributed by atoms with van der Waals surface area (Å²) in [5.74, 6) is -0.661. The molecule has 1 fully saturated rings. The van der Waals surface area contributed by atoms with Gasteiger partial charge in [0.05, 0.1) is 24.4 Å². The van der Waals surface area contributed by atoms with E-state index >= 15 is 0 Å². The Morgan fingerprint density at radius 1 is 0.854 bits per heavy atom. The zero-order valence-electron chi connectivity index (χ0n) is 27.8. The molecule has 238 valence electrons. The van der Waals surface area contributed by atoms with Crippen molar-refractivity contribution < 1.29 is 28.7 Å². The molecule has 41 heavy (non-hydrogen) atoms. The second-order valence-electron chi connectivity index (χ2n) is 15.2. The van der Waals surface area contributed by atoms with E-state index in [1.807, 2.05) is 41.5 Å². The molecule has 0 aromatic rings. The first kappa shape index (κ1) is 37.0. The number of nitrogens with one attached hydrogen (secondary N) is 2. The van der Waals surface area contributed by atoms with Crippen LogP contribution in [0, 0.1) is 22.7 Å². The highest BCUT2D eigenvalue weighted by Crippen LogP contribution is 2.35. The Morgan fingerprint density at radius 3 is 1.98 bits per heavy atom. The largest absolute Gasteiger partial charge is 0.375 e. The SMILES string of the molecule is CC(C)C1CC(=O)N(CCC(=O)NCCC(C)(C)OCCC(C)(C)OCCNC(=O)CC(C)(C)CC(C)(C)C)C1=O. The van der Waals surface area contributed by atoms with Crippen molar-refractivity contribution in [1.29, 1.82) is 0 Å². The predicted molar refractivity (Wildman–Crippen MR) is 162 cm³/mol. The number of nitrogens with zero attached hydrogens (tertiary/aromatic N) is 1. The minimum Gasteiger partial charge on any atom is -0.375 e. The Labute approximate surface area is 249 Å². The number of carbonyl (C=O) groups is 4. The van der Waals surface area contributed by atoms with Crippen molar-refractivity contribution in [2.75, 3.05) is 32.8 Å². The molecule has 0 aromatic carbocycles. The van der Waals surface area contributed by atoms with Crippen LogP contribution in [0.25, 0.3) is 0 Å². The number of amides is 4. The van der Waals surface area contributed by atoms with Crippen molar-refractivity contribution in [1.82, 2.24) is 15.5 Å². The van der Waals surface area contributed by atoms with Crippen LogP contribution in [0.5, 0.6) is 0 Å². The maximum atomic E-state index is 12.4. The summed E-state index contributed by atoms with van der Waals surface area (Å²) in [7, 11) is 0. The molecule has 1 heterocycles. The number of hydrogen-bond donors (Lipinski definition) is 2. The second kappa shape index (κ2) is 15.5. The molecule has 9 nitrogen and oxygen atoms in total. The van der Waals surface area contributed by atoms with Crippen LogP contribution in [-0.2, 0) is 28.7 Å². The summed E-state index contributed by atoms with van der Waals surface area (Å²) in [6.45, 7) is 24.7. The highest BCUT2D eigenvalue weighted by molar-refractivity contribution is 6.03. The molecule has 4 amide bonds. The fourth-order valence-corrected chi connectivity index (χ4v) is 5.50. The fourth-order valence-electron chi connectivity index (χ4n) is 5.50. The van der Waals surface area contributed by atoms with Crippen LogP contribution in [-0.4, -0.2) is 72.6 Å². The first-order valence-corrected chi connectivity index (χ1v) is 15.3. The third kappa shape index (κ3) is 15.2. The smallest absolute Gasteiger partial charge is 0.233 e. The lowest BCUT2D eigenvalue weighted by atomic mass is 9.74. The van der Waals surface area contributed by atoms with Gasteiger partial charge < -0.3 is 20.1 Å². The van der Waals surface area contributed by atoms with Gasteiger partial charge in [-0.15, -0.1) is 0 Å². The number of likely N-dealkylation sites (tertiary alicyclic amines) is 1. The van der Waals surface area contributed by atoms with E-state index in [-0.39, 0.29) is 65.7 Å². The monoisotopic (exact) mass is 581 g/mol. The molecule has 0 saturated carbocycles. The Hall–Kier alpha value is -2.00. The van der Waals surface area contributed by atoms with E-state index < -0.39 is 11.2 Å². The van der Waals surface area contributed by atoms with Crippen molar-refractivity contribution >= 4 is 23.6 Å². The van der Waals surface area contributed by atoms with Crippen LogP contribution in [0.15, 0.2) is 0 Å². The molecular formula is C32H59N3O6. The quantitative estimate of drug-likeness (QED) is 0.176. The van der Waals surface area contributed by atoms with E-state index in [9.17, 15) is 19.2 Å². The van der Waals surface area contributed by atoms with Crippen LogP contribution in [0.3, 0.4) is 0 Å². The zero-order valence-corrected chi connectivity index (χ0v) is 27.8. The Balaban J connectivity index is 2.26. The Morgan fingerprint density at radius 2 is 1.41 bits per heavy atom. The van der Waals surface area contributed by atoms with Gasteiger partial charge in [0.2, 0.25) is 23.6 Å². The molecule has 1 unspecified atom stereocenters. The summed E-state index contributed by atoms with van der Waals surface area (Å²) in [4.78, 5) is 50.5. The average molecular weight is 582 g/mol. The van der Waals surface area contributed by atoms with Gasteiger partial charge in [-0.2, -0.15) is 0 Å². The summed E-state index contributed by atoms with van der Waals surface area (Å²) in [6.07, 6.45) is 3.11. The van der Waals surface area contributed by atoms with Crippen molar-refractivity contribution in [3.05, 3.63) is 0 Å². The highest BCUT2D eigenvalue weighted by atomic mass is 16.5. The molecule has 0 aromatic heterocycles. The lowest BCUT2D eigenvalue weighted by Crippen LogP contribution is -2.38. The second-order valence-corrected chi connectivity index (χ2v) is 15.2. The van der Waals surface area contributed by atoms with Gasteiger partial charge >= 0.3 is 0 Å². The van der Waals surface area contributed by atoms with Crippen LogP contribution in [0.1, 0.15) is 115 Å². The third-order valence-corrected chi connectivity index (χ3v) is 7.46. The normalized spacial score (nSPS) is 17.0. The van der Waals surface area contributed by atoms with Gasteiger partial charge in [-0.25, -0.2) is 0 Å². The molecule has 1 aliphatic rings. The number of ether oxygens (including phenoxy) is 2. The molecule has 0 spiro atoms. The first-order chi connectivity index (χ1) is 18.6. The van der Waals surface area contributed by atoms with E-state index in [4.69, 9.17) is 9.47 Å². The molecule has 9 heteroatoms. The molecule has 0 bridgehead atoms. The summed E-state index contributed by atoms with van der Waals surface area (Å²) in [5, 5.41) is 5.85. The van der Waals surface area contributed by atoms with Gasteiger partial charge in [-0.3, -0.25) is 24.1 Å². The van der Waals surface area contributed by atoms with Gasteiger partial charge in [0, 0.05) is 44.8 Å². The van der Waals surface area contributed by atoms with Crippen LogP contribution in [0.4, 0.5) is 0 Å². The van der Waals surface area contributed by atoms with Crippen LogP contribution < -0.4 is 10.6 Å². The van der Waals surface area contributed by atoms with Crippen molar-refractivity contribution in [3.8, 4) is 0 Å². The highest BCUT2D eigenvalue weighted by Gasteiger charge is 2.39. The summed E-state index contributed by atoms with van der Waals surface area (Å²) >= 11 is 0. The number of imide groups is 1. The summed E-state index contributed by atoms with van der Waals surface area (Å²) in [6, 6.07) is 0. The minimum atomic E-state index is -0.442. The molecule has 1 saturated heterocycles. The number of rotatable bonds is 18. The average Bonchev–Trinajstić information content (AvgIpc) is 3.06. The fraction of sp³-hybridized carbons (Fsp3) is 0.875. The maximum Gasteiger partial charge on any atom is 0.233 e. The zero-order chi connectivity index (χ0) is 31.6. The van der Waals surface area contributed by atoms with Crippen molar-refractivity contribution in [3.63, 3.8) is 0 Å². The summed E-state index contributed by atoms with van der Waals surface area (Å²) in [5.41, 5.74) is -0.721. The number of hydrogen-bond acceptors (Lipinski definition) is 6. The Bertz CT molecular complexity index is 888. The van der Waals surface area contributed by atoms with Gasteiger partial charge in [0.15, 0.2) is 0 Å². The molecule has 1 atom stereocenters. The van der Waals surface area contributed by atoms with E-state index in [1.54, 1.807) is 0 Å². The maximum absolute atomic E-state index is 12.4. The predicted octanol–water partition coefficient (Wildman–Crippen LogP) is 4.86. The lowest BCUT2D eigenvalue weighted by molar-refractivity contribution is -0.140. The van der Waals surface area contributed by atoms with E-state index in [0.717, 1.165) is 6.42 Å². The van der Waals surface area contributed by atoms with Crippen molar-refractivity contribution in [2.45, 2.75) is 126 Å². The topological polar surface area (TPSA) is 114 Å². The molecule has 1 aliphatic heterocycles. The Kier molecular flexibility index (Phi) is 14.0. The van der Waals surface area contributed by atoms with Crippen LogP contribution in [0.2, 0.25) is 0 Å². The van der Waals surface area contributed by atoms with E-state index in [1.165, 1.54) is 4.90 Å². The van der Waals surface area contributed by atoms with Gasteiger partial charge in [-0.1, -0.05) is 48.5 Å². The third-order valence-electron chi connectivity index (χ3n) is 7.46. The first-order valence-electron chi connectivity index (χ1n) is 15.3. The van der Waals surface area contributed by atoms with E-state index in [2.05, 4.69) is 45.3 Å². The van der Waals surface area contributed by atoms with Crippen LogP contribution >= 0.6 is 0 Å². The van der Waals surface area contributed by atoms with Crippen molar-refractivity contribution in [2.24, 2.45) is 22.7 Å². The van der Waals surface area contributed by atoms with E-state index in [0.29, 0.717) is 45.6 Å². The van der Waals surface area contributed by atoms with Gasteiger partial charge in [0.1, 0.15) is 0 Å². The minimum absolute atomic E-state index is 0.0515. The molecular weight excluding hydrogens is 522 g/mol. The molecule has 0 radical (unpaired) electrons. The summed E-state index contributed by atoms with van der Waals surface area (Å²) < 4.78 is 12.1.